The zero-order valence-electron chi connectivity index (χ0n) is 18.1. The van der Waals surface area contributed by atoms with Crippen LogP contribution in [0.4, 0.5) is 16.2 Å². The molecule has 0 aliphatic rings. The minimum absolute atomic E-state index is 0.257. The third-order valence-electron chi connectivity index (χ3n) is 5.18. The highest BCUT2D eigenvalue weighted by molar-refractivity contribution is 5.99. The van der Waals surface area contributed by atoms with Gasteiger partial charge in [-0.1, -0.05) is 36.4 Å². The summed E-state index contributed by atoms with van der Waals surface area (Å²) < 4.78 is 1.53. The molecule has 5 rings (SSSR count). The Morgan fingerprint density at radius 3 is 2.47 bits per heavy atom. The van der Waals surface area contributed by atoms with Gasteiger partial charge in [0.2, 0.25) is 0 Å². The van der Waals surface area contributed by atoms with Gasteiger partial charge in [-0.15, -0.1) is 0 Å². The molecule has 2 N–H and O–H groups in total. The lowest BCUT2D eigenvalue weighted by Gasteiger charge is -2.13. The fraction of sp³-hybridized carbons (Fsp3) is 0.0385. The Morgan fingerprint density at radius 2 is 1.65 bits per heavy atom. The molecule has 0 atom stereocenters. The average molecular weight is 448 g/mol. The highest BCUT2D eigenvalue weighted by atomic mass is 16.2. The maximum absolute atomic E-state index is 13.5. The zero-order chi connectivity index (χ0) is 23.3. The van der Waals surface area contributed by atoms with Crippen molar-refractivity contribution in [1.29, 1.82) is 0 Å². The maximum Gasteiger partial charge on any atom is 0.323 e. The van der Waals surface area contributed by atoms with E-state index in [9.17, 15) is 9.59 Å². The smallest absolute Gasteiger partial charge is 0.308 e. The predicted octanol–water partition coefficient (Wildman–Crippen LogP) is 4.41. The molecule has 2 aromatic carbocycles. The number of fused-ring (bicyclic) bond motifs is 1. The van der Waals surface area contributed by atoms with Crippen LogP contribution in [0, 0.1) is 0 Å². The third kappa shape index (κ3) is 4.51. The molecular weight excluding hydrogens is 428 g/mol. The summed E-state index contributed by atoms with van der Waals surface area (Å²) in [7, 11) is 0. The van der Waals surface area contributed by atoms with Crippen LogP contribution in [-0.4, -0.2) is 25.6 Å². The number of urea groups is 1. The van der Waals surface area contributed by atoms with Crippen molar-refractivity contribution in [3.8, 4) is 5.69 Å². The van der Waals surface area contributed by atoms with Crippen molar-refractivity contribution in [2.75, 3.05) is 10.6 Å². The summed E-state index contributed by atoms with van der Waals surface area (Å²) in [5, 5.41) is 5.52. The molecule has 0 fully saturated rings. The highest BCUT2D eigenvalue weighted by Crippen LogP contribution is 2.19. The second-order valence-corrected chi connectivity index (χ2v) is 7.58. The van der Waals surface area contributed by atoms with Crippen LogP contribution in [0.3, 0.4) is 0 Å². The Labute approximate surface area is 195 Å². The van der Waals surface area contributed by atoms with E-state index in [4.69, 9.17) is 0 Å². The molecule has 0 spiro atoms. The molecule has 34 heavy (non-hydrogen) atoms. The molecule has 0 saturated carbocycles. The molecule has 2 amide bonds. The number of carbonyl (C=O) groups excluding carboxylic acids is 1. The van der Waals surface area contributed by atoms with E-state index >= 15 is 0 Å². The molecule has 3 aromatic heterocycles. The van der Waals surface area contributed by atoms with Gasteiger partial charge in [-0.3, -0.25) is 14.3 Å². The number of amides is 2. The van der Waals surface area contributed by atoms with E-state index in [0.29, 0.717) is 40.3 Å². The Balaban J connectivity index is 1.52. The number of carbonyl (C=O) groups is 1. The molecule has 8 heteroatoms. The van der Waals surface area contributed by atoms with Crippen molar-refractivity contribution in [3.63, 3.8) is 0 Å². The Morgan fingerprint density at radius 1 is 0.853 bits per heavy atom. The number of nitrogens with one attached hydrogen (secondary N) is 2. The van der Waals surface area contributed by atoms with Gasteiger partial charge < -0.3 is 10.6 Å². The normalized spacial score (nSPS) is 10.7. The third-order valence-corrected chi connectivity index (χ3v) is 5.18. The lowest BCUT2D eigenvalue weighted by atomic mass is 10.1. The largest absolute Gasteiger partial charge is 0.323 e. The van der Waals surface area contributed by atoms with Gasteiger partial charge in [0, 0.05) is 24.5 Å². The first-order chi connectivity index (χ1) is 16.7. The number of aromatic nitrogens is 4. The Kier molecular flexibility index (Phi) is 5.77. The molecule has 3 heterocycles. The van der Waals surface area contributed by atoms with Gasteiger partial charge >= 0.3 is 6.03 Å². The van der Waals surface area contributed by atoms with E-state index in [1.165, 1.54) is 4.57 Å². The maximum atomic E-state index is 13.5. The quantitative estimate of drug-likeness (QED) is 0.415. The van der Waals surface area contributed by atoms with Gasteiger partial charge in [0.25, 0.3) is 5.56 Å². The van der Waals surface area contributed by atoms with Gasteiger partial charge in [0.15, 0.2) is 5.65 Å². The Bertz CT molecular complexity index is 1520. The molecule has 0 saturated heterocycles. The number of benzene rings is 2. The minimum atomic E-state index is -0.417. The topological polar surface area (TPSA) is 102 Å². The monoisotopic (exact) mass is 448 g/mol. The van der Waals surface area contributed by atoms with Crippen LogP contribution in [0.1, 0.15) is 11.3 Å². The first kappa shape index (κ1) is 21.0. The van der Waals surface area contributed by atoms with Gasteiger partial charge in [0.05, 0.1) is 17.6 Å². The van der Waals surface area contributed by atoms with E-state index in [1.54, 1.807) is 61.1 Å². The summed E-state index contributed by atoms with van der Waals surface area (Å²) in [6.07, 6.45) is 5.21. The molecule has 166 valence electrons. The van der Waals surface area contributed by atoms with Gasteiger partial charge in [-0.2, -0.15) is 0 Å². The van der Waals surface area contributed by atoms with E-state index in [-0.39, 0.29) is 5.56 Å². The van der Waals surface area contributed by atoms with Gasteiger partial charge in [0.1, 0.15) is 11.2 Å². The number of rotatable bonds is 5. The number of nitrogens with zero attached hydrogens (tertiary/aromatic N) is 4. The van der Waals surface area contributed by atoms with Crippen LogP contribution in [0.15, 0.2) is 102 Å². The number of pyridine rings is 2. The molecule has 0 aliphatic carbocycles. The van der Waals surface area contributed by atoms with Crippen LogP contribution in [0.2, 0.25) is 0 Å². The van der Waals surface area contributed by atoms with Crippen molar-refractivity contribution in [2.24, 2.45) is 0 Å². The summed E-state index contributed by atoms with van der Waals surface area (Å²) in [5.41, 5.74) is 3.88. The van der Waals surface area contributed by atoms with Crippen molar-refractivity contribution in [1.82, 2.24) is 19.5 Å². The van der Waals surface area contributed by atoms with E-state index in [1.807, 2.05) is 36.4 Å². The number of hydrogen-bond acceptors (Lipinski definition) is 5. The van der Waals surface area contributed by atoms with E-state index in [2.05, 4.69) is 25.6 Å². The molecule has 5 aromatic rings. The van der Waals surface area contributed by atoms with Crippen LogP contribution >= 0.6 is 0 Å². The van der Waals surface area contributed by atoms with Gasteiger partial charge in [-0.25, -0.2) is 14.8 Å². The molecule has 0 unspecified atom stereocenters. The molecule has 8 nitrogen and oxygen atoms in total. The van der Waals surface area contributed by atoms with Crippen LogP contribution in [0.25, 0.3) is 16.9 Å². The predicted molar refractivity (Wildman–Crippen MR) is 131 cm³/mol. The van der Waals surface area contributed by atoms with Crippen LogP contribution in [0.5, 0.6) is 0 Å². The van der Waals surface area contributed by atoms with Crippen LogP contribution in [-0.2, 0) is 6.42 Å². The second-order valence-electron chi connectivity index (χ2n) is 7.58. The molecule has 0 aliphatic heterocycles. The minimum Gasteiger partial charge on any atom is -0.308 e. The van der Waals surface area contributed by atoms with Crippen molar-refractivity contribution >= 4 is 28.6 Å². The summed E-state index contributed by atoms with van der Waals surface area (Å²) in [6, 6.07) is 23.4. The van der Waals surface area contributed by atoms with E-state index < -0.39 is 6.03 Å². The first-order valence-electron chi connectivity index (χ1n) is 10.7. The van der Waals surface area contributed by atoms with Gasteiger partial charge in [-0.05, 0) is 48.0 Å². The fourth-order valence-corrected chi connectivity index (χ4v) is 3.66. The van der Waals surface area contributed by atoms with Crippen molar-refractivity contribution in [2.45, 2.75) is 6.42 Å². The molecular formula is C26H20N6O2. The summed E-state index contributed by atoms with van der Waals surface area (Å²) in [6.45, 7) is 0. The number of hydrogen-bond donors (Lipinski definition) is 2. The lowest BCUT2D eigenvalue weighted by Crippen LogP contribution is -2.25. The zero-order valence-corrected chi connectivity index (χ0v) is 18.1. The van der Waals surface area contributed by atoms with Crippen LogP contribution < -0.4 is 16.2 Å². The summed E-state index contributed by atoms with van der Waals surface area (Å²) in [4.78, 5) is 38.9. The summed E-state index contributed by atoms with van der Waals surface area (Å²) in [5.74, 6) is 0. The SMILES string of the molecule is O=C(Nc1cccnc1)Nc1cccc(-n2c(=O)c(Cc3ccccc3)nc3cccnc32)c1. The number of anilines is 2. The Hall–Kier alpha value is -4.85. The lowest BCUT2D eigenvalue weighted by molar-refractivity contribution is 0.262. The van der Waals surface area contributed by atoms with E-state index in [0.717, 1.165) is 5.56 Å². The van der Waals surface area contributed by atoms with Crippen molar-refractivity contribution < 1.29 is 4.79 Å². The molecule has 0 radical (unpaired) electrons. The highest BCUT2D eigenvalue weighted by Gasteiger charge is 2.15. The molecule has 0 bridgehead atoms. The fourth-order valence-electron chi connectivity index (χ4n) is 3.66. The average Bonchev–Trinajstić information content (AvgIpc) is 2.86. The second kappa shape index (κ2) is 9.33. The standard InChI is InChI=1S/C26H20N6O2/c33-25-23(15-18-7-2-1-3-8-18)31-22-12-6-14-28-24(22)32(25)21-11-4-9-19(16-21)29-26(34)30-20-10-5-13-27-17-20/h1-14,16-17H,15H2,(H2,29,30,34). The first-order valence-corrected chi connectivity index (χ1v) is 10.7. The summed E-state index contributed by atoms with van der Waals surface area (Å²) >= 11 is 0. The van der Waals surface area contributed by atoms with Crippen molar-refractivity contribution in [3.05, 3.63) is 119 Å².